The highest BCUT2D eigenvalue weighted by Crippen LogP contribution is 2.54. The summed E-state index contributed by atoms with van der Waals surface area (Å²) in [7, 11) is 0. The summed E-state index contributed by atoms with van der Waals surface area (Å²) in [6, 6.07) is 86.8. The van der Waals surface area contributed by atoms with Crippen LogP contribution >= 0.6 is 0 Å². The lowest BCUT2D eigenvalue weighted by atomic mass is 9.73. The molecule has 14 rings (SSSR count). The van der Waals surface area contributed by atoms with E-state index in [1.54, 1.807) is 0 Å². The van der Waals surface area contributed by atoms with Gasteiger partial charge in [0.1, 0.15) is 0 Å². The lowest BCUT2D eigenvalue weighted by Gasteiger charge is -2.42. The van der Waals surface area contributed by atoms with Crippen LogP contribution in [0.5, 0.6) is 0 Å². The minimum atomic E-state index is -0.360. The smallest absolute Gasteiger partial charge is 0.164 e. The second-order valence-corrected chi connectivity index (χ2v) is 19.2. The van der Waals surface area contributed by atoms with Gasteiger partial charge in [-0.3, -0.25) is 0 Å². The molecule has 6 nitrogen and oxygen atoms in total. The Hall–Kier alpha value is -9.39. The van der Waals surface area contributed by atoms with Crippen LogP contribution in [0.4, 0.5) is 17.1 Å². The van der Waals surface area contributed by atoms with Crippen LogP contribution in [0.1, 0.15) is 25.0 Å². The van der Waals surface area contributed by atoms with Crippen molar-refractivity contribution in [2.45, 2.75) is 19.3 Å². The van der Waals surface area contributed by atoms with E-state index in [0.29, 0.717) is 17.5 Å². The average molecular weight is 923 g/mol. The normalized spacial score (nSPS) is 12.9. The Morgan fingerprint density at radius 1 is 0.306 bits per heavy atom. The van der Waals surface area contributed by atoms with E-state index in [4.69, 9.17) is 15.0 Å². The molecule has 0 saturated heterocycles. The molecule has 0 bridgehead atoms. The molecule has 0 fully saturated rings. The third-order valence-corrected chi connectivity index (χ3v) is 14.7. The second-order valence-electron chi connectivity index (χ2n) is 19.2. The fourth-order valence-electron chi connectivity index (χ4n) is 11.3. The molecule has 0 amide bonds. The molecule has 3 aromatic heterocycles. The van der Waals surface area contributed by atoms with Crippen LogP contribution < -0.4 is 4.90 Å². The first kappa shape index (κ1) is 41.6. The molecule has 0 atom stereocenters. The Morgan fingerprint density at radius 3 is 1.29 bits per heavy atom. The topological polar surface area (TPSA) is 51.8 Å². The molecular weight excluding hydrogens is 877 g/mol. The van der Waals surface area contributed by atoms with Crippen molar-refractivity contribution in [2.24, 2.45) is 0 Å². The summed E-state index contributed by atoms with van der Waals surface area (Å²) in [5.74, 6) is 1.86. The maximum Gasteiger partial charge on any atom is 0.164 e. The minimum Gasteiger partial charge on any atom is -0.310 e. The summed E-state index contributed by atoms with van der Waals surface area (Å²) >= 11 is 0. The highest BCUT2D eigenvalue weighted by Gasteiger charge is 2.38. The molecule has 340 valence electrons. The minimum absolute atomic E-state index is 0.360. The molecule has 0 unspecified atom stereocenters. The highest BCUT2D eigenvalue weighted by molar-refractivity contribution is 6.24. The van der Waals surface area contributed by atoms with Gasteiger partial charge in [-0.2, -0.15) is 0 Å². The molecule has 4 heterocycles. The first-order valence-corrected chi connectivity index (χ1v) is 24.6. The van der Waals surface area contributed by atoms with Gasteiger partial charge >= 0.3 is 0 Å². The zero-order valence-corrected chi connectivity index (χ0v) is 39.8. The van der Waals surface area contributed by atoms with E-state index < -0.39 is 0 Å². The van der Waals surface area contributed by atoms with Crippen molar-refractivity contribution >= 4 is 60.7 Å². The van der Waals surface area contributed by atoms with Crippen LogP contribution in [0, 0.1) is 0 Å². The zero-order chi connectivity index (χ0) is 47.9. The predicted molar refractivity (Wildman–Crippen MR) is 297 cm³/mol. The molecular formula is C66H46N6. The Morgan fingerprint density at radius 2 is 0.708 bits per heavy atom. The first-order chi connectivity index (χ1) is 35.5. The fourth-order valence-corrected chi connectivity index (χ4v) is 11.3. The summed E-state index contributed by atoms with van der Waals surface area (Å²) in [6.45, 7) is 4.70. The number of hydrogen-bond acceptors (Lipinski definition) is 4. The van der Waals surface area contributed by atoms with Gasteiger partial charge in [0.25, 0.3) is 0 Å². The number of nitrogens with zero attached hydrogens (tertiary/aromatic N) is 6. The molecule has 0 spiro atoms. The second kappa shape index (κ2) is 16.4. The molecule has 1 aliphatic heterocycles. The van der Waals surface area contributed by atoms with Crippen molar-refractivity contribution in [1.29, 1.82) is 0 Å². The number of aromatic nitrogens is 5. The lowest BCUT2D eigenvalue weighted by Crippen LogP contribution is -2.30. The Balaban J connectivity index is 0.980. The van der Waals surface area contributed by atoms with Crippen LogP contribution in [0.2, 0.25) is 0 Å². The number of benzene rings is 10. The molecule has 1 aliphatic rings. The fraction of sp³-hybridized carbons (Fsp3) is 0.0455. The van der Waals surface area contributed by atoms with Gasteiger partial charge in [0, 0.05) is 60.7 Å². The van der Waals surface area contributed by atoms with Gasteiger partial charge < -0.3 is 14.0 Å². The Bertz CT molecular complexity index is 4210. The standard InChI is InChI=1S/C66H46N6/c1-66(2)55-39-35-47(65-68-63(45-21-9-4-10-22-45)67-64(69-65)46-33-31-44(32-34-46)43-19-7-3-8-20-43)41-59(55)70(48-23-11-5-12-24-48)60-42-50(36-40-56(60)66)72-58-30-18-16-28-52(58)54-38-37-53-51-27-15-17-29-57(51)71(61(53)62(54)72)49-25-13-6-14-26-49/h3-42H,1-2H3. The first-order valence-electron chi connectivity index (χ1n) is 24.6. The SMILES string of the molecule is CC1(C)c2ccc(-c3nc(-c4ccccc4)nc(-c4ccc(-c5ccccc5)cc4)n3)cc2N(c2ccccc2)c2cc(-n3c4ccccc4c4ccc5c6ccccc6n(-c6ccccc6)c5c43)ccc21. The van der Waals surface area contributed by atoms with E-state index >= 15 is 0 Å². The van der Waals surface area contributed by atoms with Crippen molar-refractivity contribution in [2.75, 3.05) is 4.90 Å². The number of fused-ring (bicyclic) bond motifs is 9. The number of hydrogen-bond donors (Lipinski definition) is 0. The lowest BCUT2D eigenvalue weighted by molar-refractivity contribution is 0.632. The number of rotatable bonds is 7. The van der Waals surface area contributed by atoms with Crippen LogP contribution in [0.3, 0.4) is 0 Å². The summed E-state index contributed by atoms with van der Waals surface area (Å²) in [4.78, 5) is 18.0. The van der Waals surface area contributed by atoms with Gasteiger partial charge in [0.05, 0.1) is 33.4 Å². The van der Waals surface area contributed by atoms with E-state index in [1.165, 1.54) is 54.8 Å². The molecule has 0 aliphatic carbocycles. The third-order valence-electron chi connectivity index (χ3n) is 14.7. The molecule has 0 N–H and O–H groups in total. The number of para-hydroxylation sites is 4. The molecule has 0 saturated carbocycles. The van der Waals surface area contributed by atoms with Gasteiger partial charge in [0.15, 0.2) is 17.5 Å². The van der Waals surface area contributed by atoms with Gasteiger partial charge in [0.2, 0.25) is 0 Å². The van der Waals surface area contributed by atoms with Crippen molar-refractivity contribution in [1.82, 2.24) is 24.1 Å². The van der Waals surface area contributed by atoms with Crippen LogP contribution in [0.15, 0.2) is 243 Å². The quantitative estimate of drug-likeness (QED) is 0.160. The maximum atomic E-state index is 5.26. The van der Waals surface area contributed by atoms with E-state index in [2.05, 4.69) is 246 Å². The predicted octanol–water partition coefficient (Wildman–Crippen LogP) is 16.8. The van der Waals surface area contributed by atoms with Crippen molar-refractivity contribution in [3.05, 3.63) is 254 Å². The third kappa shape index (κ3) is 6.53. The Labute approximate surface area is 417 Å². The van der Waals surface area contributed by atoms with Gasteiger partial charge in [-0.25, -0.2) is 15.0 Å². The summed E-state index contributed by atoms with van der Waals surface area (Å²) in [5, 5.41) is 4.88. The van der Waals surface area contributed by atoms with Crippen molar-refractivity contribution in [3.8, 4) is 56.7 Å². The summed E-state index contributed by atoms with van der Waals surface area (Å²) in [5.41, 5.74) is 17.3. The van der Waals surface area contributed by atoms with Gasteiger partial charge in [-0.15, -0.1) is 0 Å². The van der Waals surface area contributed by atoms with Gasteiger partial charge in [-0.1, -0.05) is 202 Å². The van der Waals surface area contributed by atoms with Crippen molar-refractivity contribution < 1.29 is 0 Å². The van der Waals surface area contributed by atoms with E-state index in [1.807, 2.05) is 24.3 Å². The Kier molecular flexibility index (Phi) is 9.45. The number of anilines is 3. The monoisotopic (exact) mass is 922 g/mol. The van der Waals surface area contributed by atoms with Crippen LogP contribution in [-0.2, 0) is 5.41 Å². The summed E-state index contributed by atoms with van der Waals surface area (Å²) in [6.07, 6.45) is 0. The van der Waals surface area contributed by atoms with E-state index in [9.17, 15) is 0 Å². The zero-order valence-electron chi connectivity index (χ0n) is 39.8. The molecule has 72 heavy (non-hydrogen) atoms. The largest absolute Gasteiger partial charge is 0.310 e. The molecule has 10 aromatic carbocycles. The van der Waals surface area contributed by atoms with E-state index in [0.717, 1.165) is 56.2 Å². The molecule has 6 heteroatoms. The van der Waals surface area contributed by atoms with Crippen molar-refractivity contribution in [3.63, 3.8) is 0 Å². The highest BCUT2D eigenvalue weighted by atomic mass is 15.2. The molecule has 0 radical (unpaired) electrons. The van der Waals surface area contributed by atoms with Gasteiger partial charge in [-0.05, 0) is 76.9 Å². The maximum absolute atomic E-state index is 5.26. The van der Waals surface area contributed by atoms with Crippen LogP contribution in [-0.4, -0.2) is 24.1 Å². The molecule has 13 aromatic rings. The van der Waals surface area contributed by atoms with E-state index in [-0.39, 0.29) is 5.41 Å². The average Bonchev–Trinajstić information content (AvgIpc) is 3.97. The summed E-state index contributed by atoms with van der Waals surface area (Å²) < 4.78 is 4.95. The van der Waals surface area contributed by atoms with Crippen LogP contribution in [0.25, 0.3) is 100 Å².